The van der Waals surface area contributed by atoms with Gasteiger partial charge < -0.3 is 19.5 Å². The summed E-state index contributed by atoms with van der Waals surface area (Å²) in [6.45, 7) is 2.58. The highest BCUT2D eigenvalue weighted by Crippen LogP contribution is 2.23. The van der Waals surface area contributed by atoms with Crippen LogP contribution in [-0.4, -0.2) is 52.7 Å². The smallest absolute Gasteiger partial charge is 0.334 e. The average molecular weight is 397 g/mol. The summed E-state index contributed by atoms with van der Waals surface area (Å²) in [5.41, 5.74) is 0.605. The lowest BCUT2D eigenvalue weighted by Crippen LogP contribution is -2.48. The Morgan fingerprint density at radius 1 is 1.42 bits per heavy atom. The van der Waals surface area contributed by atoms with Gasteiger partial charge in [0.15, 0.2) is 6.10 Å². The minimum atomic E-state index is -1.07. The third kappa shape index (κ3) is 4.32. The Labute approximate surface area is 159 Å². The number of carbonyl (C=O) groups excluding carboxylic acids is 1. The molecular weight excluding hydrogens is 380 g/mol. The zero-order valence-corrected chi connectivity index (χ0v) is 15.5. The molecule has 1 aliphatic heterocycles. The summed E-state index contributed by atoms with van der Waals surface area (Å²) in [4.78, 5) is 30.1. The summed E-state index contributed by atoms with van der Waals surface area (Å²) in [5, 5.41) is 10.4. The number of hydrogen-bond donors (Lipinski definition) is 1. The molecule has 1 amide bonds. The first-order valence-electron chi connectivity index (χ1n) is 7.92. The average Bonchev–Trinajstić information content (AvgIpc) is 3.01. The predicted octanol–water partition coefficient (Wildman–Crippen LogP) is 2.61. The summed E-state index contributed by atoms with van der Waals surface area (Å²) in [6, 6.07) is 6.98. The number of nitrogens with zero attached hydrogens (tertiary/aromatic N) is 2. The molecule has 1 N–H and O–H groups in total. The van der Waals surface area contributed by atoms with Crippen LogP contribution in [0.5, 0.6) is 5.75 Å². The van der Waals surface area contributed by atoms with Crippen molar-refractivity contribution in [3.63, 3.8) is 0 Å². The van der Waals surface area contributed by atoms with Crippen molar-refractivity contribution in [3.8, 4) is 5.75 Å². The van der Waals surface area contributed by atoms with E-state index in [4.69, 9.17) is 26.2 Å². The number of aryl methyl sites for hydroxylation is 1. The summed E-state index contributed by atoms with van der Waals surface area (Å²) in [5.74, 6) is -0.638. The van der Waals surface area contributed by atoms with E-state index in [0.29, 0.717) is 32.9 Å². The first-order chi connectivity index (χ1) is 12.4. The van der Waals surface area contributed by atoms with Crippen molar-refractivity contribution in [1.29, 1.82) is 0 Å². The molecule has 0 saturated carbocycles. The number of amides is 1. The van der Waals surface area contributed by atoms with Gasteiger partial charge in [0.1, 0.15) is 22.2 Å². The molecule has 1 aliphatic rings. The maximum Gasteiger partial charge on any atom is 0.334 e. The lowest BCUT2D eigenvalue weighted by molar-refractivity contribution is -0.154. The fraction of sp³-hybridized carbons (Fsp3) is 0.353. The Hall–Kier alpha value is -2.16. The highest BCUT2D eigenvalue weighted by atomic mass is 35.5. The van der Waals surface area contributed by atoms with Crippen LogP contribution in [0.15, 0.2) is 24.3 Å². The summed E-state index contributed by atoms with van der Waals surface area (Å²) in [6.07, 6.45) is -0.992. The van der Waals surface area contributed by atoms with Gasteiger partial charge in [0.2, 0.25) is 0 Å². The fourth-order valence-electron chi connectivity index (χ4n) is 2.52. The molecule has 0 bridgehead atoms. The fourth-order valence-corrected chi connectivity index (χ4v) is 3.59. The van der Waals surface area contributed by atoms with Gasteiger partial charge in [-0.1, -0.05) is 11.6 Å². The van der Waals surface area contributed by atoms with E-state index in [1.165, 1.54) is 16.2 Å². The first-order valence-corrected chi connectivity index (χ1v) is 9.12. The minimum absolute atomic E-state index is 0.0299. The van der Waals surface area contributed by atoms with Crippen molar-refractivity contribution in [1.82, 2.24) is 9.88 Å². The number of carboxylic acid groups (broad SMARTS) is 1. The predicted molar refractivity (Wildman–Crippen MR) is 95.9 cm³/mol. The van der Waals surface area contributed by atoms with Gasteiger partial charge in [-0.15, -0.1) is 11.3 Å². The van der Waals surface area contributed by atoms with Crippen molar-refractivity contribution < 1.29 is 24.2 Å². The third-order valence-corrected chi connectivity index (χ3v) is 5.21. The van der Waals surface area contributed by atoms with Gasteiger partial charge in [-0.25, -0.2) is 9.78 Å². The van der Waals surface area contributed by atoms with Crippen LogP contribution in [0.4, 0.5) is 0 Å². The molecule has 1 atom stereocenters. The van der Waals surface area contributed by atoms with Crippen LogP contribution in [0, 0.1) is 6.92 Å². The number of thiazole rings is 1. The zero-order valence-electron chi connectivity index (χ0n) is 14.0. The number of rotatable bonds is 5. The molecule has 1 aromatic heterocycles. The van der Waals surface area contributed by atoms with Crippen molar-refractivity contribution in [3.05, 3.63) is 44.9 Å². The molecule has 9 heteroatoms. The topological polar surface area (TPSA) is 89.0 Å². The normalized spacial score (nSPS) is 17.2. The van der Waals surface area contributed by atoms with Crippen molar-refractivity contribution in [2.45, 2.75) is 19.6 Å². The Bertz CT molecular complexity index is 808. The number of carbonyl (C=O) groups is 2. The van der Waals surface area contributed by atoms with Gasteiger partial charge in [-0.05, 0) is 31.2 Å². The molecule has 26 heavy (non-hydrogen) atoms. The van der Waals surface area contributed by atoms with Gasteiger partial charge in [0.25, 0.3) is 5.91 Å². The quantitative estimate of drug-likeness (QED) is 0.835. The van der Waals surface area contributed by atoms with E-state index in [1.54, 1.807) is 31.2 Å². The van der Waals surface area contributed by atoms with Gasteiger partial charge in [0, 0.05) is 11.6 Å². The van der Waals surface area contributed by atoms with Crippen LogP contribution in [-0.2, 0) is 16.1 Å². The van der Waals surface area contributed by atoms with Gasteiger partial charge >= 0.3 is 5.97 Å². The minimum Gasteiger partial charge on any atom is -0.486 e. The number of benzene rings is 1. The highest BCUT2D eigenvalue weighted by molar-refractivity contribution is 7.13. The second kappa shape index (κ2) is 8.03. The molecule has 3 rings (SSSR count). The molecule has 0 unspecified atom stereocenters. The van der Waals surface area contributed by atoms with Crippen LogP contribution >= 0.6 is 22.9 Å². The van der Waals surface area contributed by atoms with E-state index in [1.807, 2.05) is 0 Å². The Morgan fingerprint density at radius 3 is 2.85 bits per heavy atom. The van der Waals surface area contributed by atoms with Crippen LogP contribution in [0.2, 0.25) is 5.02 Å². The van der Waals surface area contributed by atoms with E-state index in [0.717, 1.165) is 0 Å². The number of aliphatic carboxylic acids is 1. The molecule has 2 heterocycles. The third-order valence-electron chi connectivity index (χ3n) is 3.84. The molecule has 1 aromatic carbocycles. The lowest BCUT2D eigenvalue weighted by atomic mass is 10.2. The molecule has 0 radical (unpaired) electrons. The number of carboxylic acids is 1. The van der Waals surface area contributed by atoms with E-state index in [-0.39, 0.29) is 25.7 Å². The Kier molecular flexibility index (Phi) is 5.75. The number of morpholine rings is 1. The molecular formula is C17H17ClN2O5S. The molecule has 1 fully saturated rings. The molecule has 2 aromatic rings. The second-order valence-electron chi connectivity index (χ2n) is 5.71. The number of hydrogen-bond acceptors (Lipinski definition) is 6. The number of aromatic nitrogens is 1. The van der Waals surface area contributed by atoms with Crippen molar-refractivity contribution in [2.75, 3.05) is 19.7 Å². The largest absolute Gasteiger partial charge is 0.486 e. The van der Waals surface area contributed by atoms with E-state index in [2.05, 4.69) is 4.98 Å². The van der Waals surface area contributed by atoms with E-state index >= 15 is 0 Å². The standard InChI is InChI=1S/C17H17ClN2O5S/c1-10-15(16(21)20-6-7-24-13(8-20)17(22)23)26-14(19-10)9-25-12-4-2-11(18)3-5-12/h2-5,13H,6-9H2,1H3,(H,22,23)/t13-/m0/s1. The van der Waals surface area contributed by atoms with E-state index in [9.17, 15) is 9.59 Å². The summed E-state index contributed by atoms with van der Waals surface area (Å²) in [7, 11) is 0. The monoisotopic (exact) mass is 396 g/mol. The number of halogens is 1. The molecule has 0 spiro atoms. The second-order valence-corrected chi connectivity index (χ2v) is 7.23. The van der Waals surface area contributed by atoms with Crippen molar-refractivity contribution >= 4 is 34.8 Å². The Morgan fingerprint density at radius 2 is 2.15 bits per heavy atom. The Balaban J connectivity index is 1.66. The molecule has 1 saturated heterocycles. The maximum atomic E-state index is 12.7. The summed E-state index contributed by atoms with van der Waals surface area (Å²) < 4.78 is 10.8. The summed E-state index contributed by atoms with van der Waals surface area (Å²) >= 11 is 7.09. The zero-order chi connectivity index (χ0) is 18.7. The van der Waals surface area contributed by atoms with Gasteiger partial charge in [-0.2, -0.15) is 0 Å². The van der Waals surface area contributed by atoms with Gasteiger partial charge in [-0.3, -0.25) is 4.79 Å². The van der Waals surface area contributed by atoms with Crippen LogP contribution in [0.3, 0.4) is 0 Å². The molecule has 7 nitrogen and oxygen atoms in total. The van der Waals surface area contributed by atoms with E-state index < -0.39 is 12.1 Å². The van der Waals surface area contributed by atoms with Crippen molar-refractivity contribution in [2.24, 2.45) is 0 Å². The maximum absolute atomic E-state index is 12.7. The van der Waals surface area contributed by atoms with Crippen LogP contribution in [0.1, 0.15) is 20.4 Å². The van der Waals surface area contributed by atoms with Crippen LogP contribution < -0.4 is 4.74 Å². The van der Waals surface area contributed by atoms with Crippen LogP contribution in [0.25, 0.3) is 0 Å². The lowest BCUT2D eigenvalue weighted by Gasteiger charge is -2.30. The number of ether oxygens (including phenoxy) is 2. The first kappa shape index (κ1) is 18.6. The SMILES string of the molecule is Cc1nc(COc2ccc(Cl)cc2)sc1C(=O)N1CCO[C@H](C(=O)O)C1. The molecule has 0 aliphatic carbocycles. The van der Waals surface area contributed by atoms with Gasteiger partial charge in [0.05, 0.1) is 18.8 Å². The molecule has 138 valence electrons. The highest BCUT2D eigenvalue weighted by Gasteiger charge is 2.31.